The lowest BCUT2D eigenvalue weighted by Gasteiger charge is -2.36. The highest BCUT2D eigenvalue weighted by Gasteiger charge is 2.20. The second kappa shape index (κ2) is 7.25. The molecule has 1 fully saturated rings. The molecule has 0 atom stereocenters. The molecule has 6 nitrogen and oxygen atoms in total. The van der Waals surface area contributed by atoms with Gasteiger partial charge in [-0.1, -0.05) is 19.1 Å². The molecule has 4 rings (SSSR count). The van der Waals surface area contributed by atoms with Gasteiger partial charge in [-0.3, -0.25) is 4.79 Å². The molecule has 0 bridgehead atoms. The number of nitrogens with one attached hydrogen (secondary N) is 1. The second-order valence-electron chi connectivity index (χ2n) is 6.46. The van der Waals surface area contributed by atoms with Crippen molar-refractivity contribution in [2.24, 2.45) is 0 Å². The van der Waals surface area contributed by atoms with E-state index in [2.05, 4.69) is 28.1 Å². The van der Waals surface area contributed by atoms with Crippen molar-refractivity contribution in [3.05, 3.63) is 48.0 Å². The van der Waals surface area contributed by atoms with Gasteiger partial charge in [-0.25, -0.2) is 0 Å². The maximum atomic E-state index is 12.7. The van der Waals surface area contributed by atoms with Crippen LogP contribution in [0.2, 0.25) is 0 Å². The molecular formula is C20H23N3O3. The van der Waals surface area contributed by atoms with E-state index in [4.69, 9.17) is 9.47 Å². The van der Waals surface area contributed by atoms with Crippen molar-refractivity contribution in [3.8, 4) is 11.5 Å². The van der Waals surface area contributed by atoms with Crippen LogP contribution in [0.3, 0.4) is 0 Å². The summed E-state index contributed by atoms with van der Waals surface area (Å²) < 4.78 is 10.7. The van der Waals surface area contributed by atoms with E-state index in [0.717, 1.165) is 44.1 Å². The second-order valence-corrected chi connectivity index (χ2v) is 6.46. The smallest absolute Gasteiger partial charge is 0.255 e. The van der Waals surface area contributed by atoms with Gasteiger partial charge in [0.2, 0.25) is 6.79 Å². The molecular weight excluding hydrogens is 330 g/mol. The van der Waals surface area contributed by atoms with Gasteiger partial charge < -0.3 is 24.6 Å². The Hall–Kier alpha value is -2.73. The number of benzene rings is 2. The lowest BCUT2D eigenvalue weighted by Crippen LogP contribution is -2.46. The number of nitrogens with zero attached hydrogens (tertiary/aromatic N) is 2. The number of ether oxygens (including phenoxy) is 2. The first-order valence-electron chi connectivity index (χ1n) is 9.02. The predicted molar refractivity (Wildman–Crippen MR) is 101 cm³/mol. The van der Waals surface area contributed by atoms with Gasteiger partial charge in [0, 0.05) is 31.7 Å². The molecule has 2 aromatic carbocycles. The number of anilines is 2. The normalized spacial score (nSPS) is 16.6. The zero-order valence-electron chi connectivity index (χ0n) is 14.9. The molecule has 0 aliphatic carbocycles. The van der Waals surface area contributed by atoms with Crippen LogP contribution in [0.15, 0.2) is 42.5 Å². The van der Waals surface area contributed by atoms with Crippen molar-refractivity contribution in [3.63, 3.8) is 0 Å². The molecule has 1 N–H and O–H groups in total. The fourth-order valence-corrected chi connectivity index (χ4v) is 3.39. The average molecular weight is 353 g/mol. The molecule has 2 heterocycles. The fourth-order valence-electron chi connectivity index (χ4n) is 3.39. The van der Waals surface area contributed by atoms with Crippen molar-refractivity contribution in [2.75, 3.05) is 49.7 Å². The van der Waals surface area contributed by atoms with Crippen LogP contribution in [-0.2, 0) is 0 Å². The maximum absolute atomic E-state index is 12.7. The Balaban J connectivity index is 1.51. The molecule has 1 saturated heterocycles. The van der Waals surface area contributed by atoms with Gasteiger partial charge >= 0.3 is 0 Å². The number of amides is 1. The lowest BCUT2D eigenvalue weighted by molar-refractivity contribution is 0.102. The first-order chi connectivity index (χ1) is 12.7. The molecule has 0 saturated carbocycles. The molecule has 2 aliphatic rings. The van der Waals surface area contributed by atoms with Crippen LogP contribution in [-0.4, -0.2) is 50.3 Å². The molecule has 26 heavy (non-hydrogen) atoms. The molecule has 0 radical (unpaired) electrons. The molecule has 0 spiro atoms. The third-order valence-electron chi connectivity index (χ3n) is 4.95. The van der Waals surface area contributed by atoms with Crippen molar-refractivity contribution in [2.45, 2.75) is 6.92 Å². The Kier molecular flexibility index (Phi) is 4.67. The van der Waals surface area contributed by atoms with Gasteiger partial charge in [-0.2, -0.15) is 0 Å². The van der Waals surface area contributed by atoms with Crippen LogP contribution >= 0.6 is 0 Å². The quantitative estimate of drug-likeness (QED) is 0.916. The highest BCUT2D eigenvalue weighted by Crippen LogP contribution is 2.33. The standard InChI is InChI=1S/C20H23N3O3/c1-2-22-9-11-23(12-10-22)17-6-4-3-5-16(17)21-20(24)15-7-8-18-19(13-15)26-14-25-18/h3-8,13H,2,9-12,14H2,1H3,(H,21,24). The van der Waals surface area contributed by atoms with Crippen molar-refractivity contribution < 1.29 is 14.3 Å². The van der Waals surface area contributed by atoms with Gasteiger partial charge in [0.05, 0.1) is 11.4 Å². The summed E-state index contributed by atoms with van der Waals surface area (Å²) >= 11 is 0. The van der Waals surface area contributed by atoms with E-state index in [9.17, 15) is 4.79 Å². The van der Waals surface area contributed by atoms with E-state index in [0.29, 0.717) is 17.1 Å². The topological polar surface area (TPSA) is 54.0 Å². The number of carbonyl (C=O) groups excluding carboxylic acids is 1. The Morgan fingerprint density at radius 3 is 2.62 bits per heavy atom. The molecule has 6 heteroatoms. The zero-order chi connectivity index (χ0) is 17.9. The largest absolute Gasteiger partial charge is 0.454 e. The van der Waals surface area contributed by atoms with E-state index in [1.165, 1.54) is 0 Å². The number of fused-ring (bicyclic) bond motifs is 1. The summed E-state index contributed by atoms with van der Waals surface area (Å²) in [5.74, 6) is 1.14. The first-order valence-corrected chi connectivity index (χ1v) is 9.02. The zero-order valence-corrected chi connectivity index (χ0v) is 14.9. The van der Waals surface area contributed by atoms with Gasteiger partial charge in [-0.15, -0.1) is 0 Å². The maximum Gasteiger partial charge on any atom is 0.255 e. The number of hydrogen-bond donors (Lipinski definition) is 1. The van der Waals surface area contributed by atoms with E-state index in [-0.39, 0.29) is 12.7 Å². The van der Waals surface area contributed by atoms with Crippen LogP contribution in [0, 0.1) is 0 Å². The fraction of sp³-hybridized carbons (Fsp3) is 0.350. The number of carbonyl (C=O) groups is 1. The lowest BCUT2D eigenvalue weighted by atomic mass is 10.1. The van der Waals surface area contributed by atoms with Crippen LogP contribution in [0.1, 0.15) is 17.3 Å². The monoisotopic (exact) mass is 353 g/mol. The van der Waals surface area contributed by atoms with E-state index in [1.54, 1.807) is 18.2 Å². The summed E-state index contributed by atoms with van der Waals surface area (Å²) in [6, 6.07) is 13.2. The highest BCUT2D eigenvalue weighted by atomic mass is 16.7. The number of hydrogen-bond acceptors (Lipinski definition) is 5. The van der Waals surface area contributed by atoms with Crippen LogP contribution in [0.4, 0.5) is 11.4 Å². The molecule has 1 amide bonds. The van der Waals surface area contributed by atoms with Gasteiger partial charge in [0.1, 0.15) is 0 Å². The summed E-state index contributed by atoms with van der Waals surface area (Å²) in [5.41, 5.74) is 2.46. The minimum Gasteiger partial charge on any atom is -0.454 e. The summed E-state index contributed by atoms with van der Waals surface area (Å²) in [6.45, 7) is 7.48. The number of para-hydroxylation sites is 2. The Morgan fingerprint density at radius 1 is 1.04 bits per heavy atom. The van der Waals surface area contributed by atoms with Crippen molar-refractivity contribution in [1.82, 2.24) is 4.90 Å². The minimum absolute atomic E-state index is 0.150. The SMILES string of the molecule is CCN1CCN(c2ccccc2NC(=O)c2ccc3c(c2)OCO3)CC1. The number of rotatable bonds is 4. The number of piperazine rings is 1. The third-order valence-corrected chi connectivity index (χ3v) is 4.95. The van der Waals surface area contributed by atoms with Gasteiger partial charge in [0.25, 0.3) is 5.91 Å². The predicted octanol–water partition coefficient (Wildman–Crippen LogP) is 2.81. The van der Waals surface area contributed by atoms with Crippen LogP contribution in [0.25, 0.3) is 0 Å². The van der Waals surface area contributed by atoms with E-state index in [1.807, 2.05) is 18.2 Å². The van der Waals surface area contributed by atoms with Crippen LogP contribution < -0.4 is 19.7 Å². The Morgan fingerprint density at radius 2 is 1.81 bits per heavy atom. The Bertz CT molecular complexity index is 801. The van der Waals surface area contributed by atoms with Gasteiger partial charge in [-0.05, 0) is 36.9 Å². The van der Waals surface area contributed by atoms with Gasteiger partial charge in [0.15, 0.2) is 11.5 Å². The minimum atomic E-state index is -0.150. The summed E-state index contributed by atoms with van der Waals surface area (Å²) in [6.07, 6.45) is 0. The van der Waals surface area contributed by atoms with E-state index < -0.39 is 0 Å². The molecule has 0 unspecified atom stereocenters. The molecule has 2 aliphatic heterocycles. The summed E-state index contributed by atoms with van der Waals surface area (Å²) in [7, 11) is 0. The summed E-state index contributed by atoms with van der Waals surface area (Å²) in [5, 5.41) is 3.05. The molecule has 2 aromatic rings. The van der Waals surface area contributed by atoms with Crippen LogP contribution in [0.5, 0.6) is 11.5 Å². The Labute approximate surface area is 153 Å². The molecule has 0 aromatic heterocycles. The highest BCUT2D eigenvalue weighted by molar-refractivity contribution is 6.06. The van der Waals surface area contributed by atoms with Crippen molar-refractivity contribution in [1.29, 1.82) is 0 Å². The third kappa shape index (κ3) is 3.32. The average Bonchev–Trinajstić information content (AvgIpc) is 3.16. The first kappa shape index (κ1) is 16.7. The summed E-state index contributed by atoms with van der Waals surface area (Å²) in [4.78, 5) is 17.5. The number of likely N-dealkylation sites (N-methyl/N-ethyl adjacent to an activating group) is 1. The van der Waals surface area contributed by atoms with Crippen molar-refractivity contribution >= 4 is 17.3 Å². The molecule has 136 valence electrons. The van der Waals surface area contributed by atoms with E-state index >= 15 is 0 Å².